The van der Waals surface area contributed by atoms with Crippen LogP contribution in [0.1, 0.15) is 30.0 Å². The van der Waals surface area contributed by atoms with E-state index >= 15 is 0 Å². The van der Waals surface area contributed by atoms with Crippen LogP contribution in [-0.2, 0) is 0 Å². The number of hydrogen-bond donors (Lipinski definition) is 0. The van der Waals surface area contributed by atoms with Crippen molar-refractivity contribution < 1.29 is 0 Å². The summed E-state index contributed by atoms with van der Waals surface area (Å²) in [4.78, 5) is 2.60. The third kappa shape index (κ3) is 2.90. The van der Waals surface area contributed by atoms with Gasteiger partial charge in [0, 0.05) is 4.47 Å². The highest BCUT2D eigenvalue weighted by molar-refractivity contribution is 9.10. The molecule has 2 aromatic carbocycles. The van der Waals surface area contributed by atoms with E-state index < -0.39 is 0 Å². The van der Waals surface area contributed by atoms with Crippen molar-refractivity contribution in [3.63, 3.8) is 0 Å². The molecule has 0 aliphatic carbocycles. The molecule has 0 spiro atoms. The summed E-state index contributed by atoms with van der Waals surface area (Å²) in [6, 6.07) is 20.0. The van der Waals surface area contributed by atoms with Crippen molar-refractivity contribution in [2.45, 2.75) is 18.9 Å². The average Bonchev–Trinajstić information content (AvgIpc) is 2.96. The Bertz CT molecular complexity index is 515. The highest BCUT2D eigenvalue weighted by Gasteiger charge is 2.24. The molecule has 1 nitrogen and oxygen atoms in total. The monoisotopic (exact) mass is 315 g/mol. The van der Waals surface area contributed by atoms with Crippen molar-refractivity contribution in [2.24, 2.45) is 0 Å². The number of likely N-dealkylation sites (tertiary alicyclic amines) is 1. The molecule has 0 aromatic heterocycles. The second-order valence-electron chi connectivity index (χ2n) is 5.11. The molecule has 2 heteroatoms. The maximum Gasteiger partial charge on any atom is 0.0601 e. The lowest BCUT2D eigenvalue weighted by Gasteiger charge is -2.28. The van der Waals surface area contributed by atoms with Crippen LogP contribution in [-0.4, -0.2) is 18.0 Å². The molecule has 1 aliphatic rings. The molecule has 1 aliphatic heterocycles. The number of halogens is 1. The highest BCUT2D eigenvalue weighted by Crippen LogP contribution is 2.31. The number of rotatable bonds is 3. The second-order valence-corrected chi connectivity index (χ2v) is 6.02. The quantitative estimate of drug-likeness (QED) is 0.798. The molecule has 1 heterocycles. The Morgan fingerprint density at radius 2 is 1.37 bits per heavy atom. The van der Waals surface area contributed by atoms with Gasteiger partial charge in [0.25, 0.3) is 0 Å². The van der Waals surface area contributed by atoms with Crippen molar-refractivity contribution in [3.05, 3.63) is 70.2 Å². The molecule has 0 bridgehead atoms. The van der Waals surface area contributed by atoms with E-state index in [1.807, 2.05) is 0 Å². The number of hydrogen-bond acceptors (Lipinski definition) is 1. The lowest BCUT2D eigenvalue weighted by molar-refractivity contribution is 0.281. The molecule has 1 atom stereocenters. The zero-order chi connectivity index (χ0) is 13.1. The van der Waals surface area contributed by atoms with E-state index in [1.54, 1.807) is 0 Å². The second kappa shape index (κ2) is 5.89. The molecule has 0 unspecified atom stereocenters. The minimum absolute atomic E-state index is 0.400. The first kappa shape index (κ1) is 12.9. The van der Waals surface area contributed by atoms with Gasteiger partial charge in [-0.3, -0.25) is 4.90 Å². The molecule has 3 rings (SSSR count). The van der Waals surface area contributed by atoms with Crippen LogP contribution < -0.4 is 0 Å². The fraction of sp³-hybridized carbons (Fsp3) is 0.294. The summed E-state index contributed by atoms with van der Waals surface area (Å²) < 4.78 is 1.14. The fourth-order valence-electron chi connectivity index (χ4n) is 2.89. The van der Waals surface area contributed by atoms with Crippen molar-refractivity contribution in [2.75, 3.05) is 13.1 Å². The summed E-state index contributed by atoms with van der Waals surface area (Å²) >= 11 is 3.52. The largest absolute Gasteiger partial charge is 0.292 e. The Hall–Kier alpha value is -1.12. The normalized spacial score (nSPS) is 17.5. The van der Waals surface area contributed by atoms with Gasteiger partial charge in [-0.25, -0.2) is 0 Å². The Balaban J connectivity index is 1.98. The van der Waals surface area contributed by atoms with Crippen LogP contribution in [0, 0.1) is 0 Å². The van der Waals surface area contributed by atoms with Crippen molar-refractivity contribution in [1.82, 2.24) is 4.90 Å². The summed E-state index contributed by atoms with van der Waals surface area (Å²) in [6.45, 7) is 2.41. The van der Waals surface area contributed by atoms with Crippen molar-refractivity contribution >= 4 is 15.9 Å². The topological polar surface area (TPSA) is 3.24 Å². The van der Waals surface area contributed by atoms with Crippen molar-refractivity contribution in [3.8, 4) is 0 Å². The van der Waals surface area contributed by atoms with E-state index in [0.29, 0.717) is 6.04 Å². The summed E-state index contributed by atoms with van der Waals surface area (Å²) in [5.74, 6) is 0. The van der Waals surface area contributed by atoms with Crippen LogP contribution in [0.5, 0.6) is 0 Å². The van der Waals surface area contributed by atoms with E-state index in [-0.39, 0.29) is 0 Å². The third-order valence-electron chi connectivity index (χ3n) is 3.81. The smallest absolute Gasteiger partial charge is 0.0601 e. The van der Waals surface area contributed by atoms with Gasteiger partial charge in [-0.15, -0.1) is 0 Å². The molecule has 19 heavy (non-hydrogen) atoms. The van der Waals surface area contributed by atoms with Crippen LogP contribution >= 0.6 is 15.9 Å². The molecular formula is C17H18BrN. The van der Waals surface area contributed by atoms with Gasteiger partial charge in [-0.05, 0) is 49.2 Å². The SMILES string of the molecule is Brc1ccc([C@@H](c2ccccc2)N2CCCC2)cc1. The molecule has 1 saturated heterocycles. The minimum atomic E-state index is 0.400. The van der Waals surface area contributed by atoms with Crippen LogP contribution in [0.4, 0.5) is 0 Å². The summed E-state index contributed by atoms with van der Waals surface area (Å²) in [5, 5.41) is 0. The first-order chi connectivity index (χ1) is 9.34. The van der Waals surface area contributed by atoms with Gasteiger partial charge >= 0.3 is 0 Å². The predicted octanol–water partition coefficient (Wildman–Crippen LogP) is 4.63. The maximum absolute atomic E-state index is 3.52. The fourth-order valence-corrected chi connectivity index (χ4v) is 3.16. The van der Waals surface area contributed by atoms with Crippen LogP contribution in [0.25, 0.3) is 0 Å². The van der Waals surface area contributed by atoms with Crippen LogP contribution in [0.2, 0.25) is 0 Å². The Morgan fingerprint density at radius 3 is 2.00 bits per heavy atom. The number of nitrogens with zero attached hydrogens (tertiary/aromatic N) is 1. The van der Waals surface area contributed by atoms with Gasteiger partial charge in [-0.1, -0.05) is 58.4 Å². The van der Waals surface area contributed by atoms with Crippen LogP contribution in [0.3, 0.4) is 0 Å². The Kier molecular flexibility index (Phi) is 4.00. The van der Waals surface area contributed by atoms with E-state index in [9.17, 15) is 0 Å². The first-order valence-electron chi connectivity index (χ1n) is 6.89. The molecular weight excluding hydrogens is 298 g/mol. The van der Waals surface area contributed by atoms with E-state index in [2.05, 4.69) is 75.4 Å². The number of benzene rings is 2. The average molecular weight is 316 g/mol. The van der Waals surface area contributed by atoms with Crippen molar-refractivity contribution in [1.29, 1.82) is 0 Å². The lowest BCUT2D eigenvalue weighted by atomic mass is 9.97. The van der Waals surface area contributed by atoms with Gasteiger partial charge in [-0.2, -0.15) is 0 Å². The third-order valence-corrected chi connectivity index (χ3v) is 4.34. The van der Waals surface area contributed by atoms with Crippen LogP contribution in [0.15, 0.2) is 59.1 Å². The maximum atomic E-state index is 3.52. The minimum Gasteiger partial charge on any atom is -0.292 e. The van der Waals surface area contributed by atoms with Gasteiger partial charge in [0.1, 0.15) is 0 Å². The van der Waals surface area contributed by atoms with Gasteiger partial charge < -0.3 is 0 Å². The first-order valence-corrected chi connectivity index (χ1v) is 7.68. The predicted molar refractivity (Wildman–Crippen MR) is 83.2 cm³/mol. The van der Waals surface area contributed by atoms with Gasteiger partial charge in [0.05, 0.1) is 6.04 Å². The lowest BCUT2D eigenvalue weighted by Crippen LogP contribution is -2.26. The van der Waals surface area contributed by atoms with E-state index in [0.717, 1.165) is 4.47 Å². The molecule has 0 radical (unpaired) electrons. The van der Waals surface area contributed by atoms with Gasteiger partial charge in [0.2, 0.25) is 0 Å². The van der Waals surface area contributed by atoms with Gasteiger partial charge in [0.15, 0.2) is 0 Å². The molecule has 1 fully saturated rings. The Morgan fingerprint density at radius 1 is 0.789 bits per heavy atom. The molecule has 0 saturated carbocycles. The highest BCUT2D eigenvalue weighted by atomic mass is 79.9. The molecule has 2 aromatic rings. The molecule has 0 N–H and O–H groups in total. The summed E-state index contributed by atoms with van der Waals surface area (Å²) in [7, 11) is 0. The molecule has 0 amide bonds. The van der Waals surface area contributed by atoms with E-state index in [4.69, 9.17) is 0 Å². The zero-order valence-corrected chi connectivity index (χ0v) is 12.5. The summed E-state index contributed by atoms with van der Waals surface area (Å²) in [6.07, 6.45) is 2.64. The summed E-state index contributed by atoms with van der Waals surface area (Å²) in [5.41, 5.74) is 2.78. The van der Waals surface area contributed by atoms with E-state index in [1.165, 1.54) is 37.1 Å². The molecule has 98 valence electrons. The standard InChI is InChI=1S/C17H18BrN/c18-16-10-8-15(9-11-16)17(19-12-4-5-13-19)14-6-2-1-3-7-14/h1-3,6-11,17H,4-5,12-13H2/t17-/m1/s1. The zero-order valence-electron chi connectivity index (χ0n) is 10.9. The Labute approximate surface area is 123 Å².